The quantitative estimate of drug-likeness (QED) is 0.744. The third-order valence-electron chi connectivity index (χ3n) is 4.20. The van der Waals surface area contributed by atoms with Gasteiger partial charge in [0.1, 0.15) is 0 Å². The van der Waals surface area contributed by atoms with Crippen molar-refractivity contribution < 1.29 is 4.79 Å². The molecule has 0 aromatic carbocycles. The van der Waals surface area contributed by atoms with E-state index >= 15 is 0 Å². The van der Waals surface area contributed by atoms with Gasteiger partial charge in [0, 0.05) is 11.5 Å². The molecule has 0 bridgehead atoms. The standard InChI is InChI=1S/C13H23NO/c1-13(9-5-2-6-10-13)12(15)14-11-7-3-4-8-11/h11H,2-10H2,1H3,(H,14,15). The number of carbonyl (C=O) groups is 1. The van der Waals surface area contributed by atoms with E-state index in [1.165, 1.54) is 44.9 Å². The fourth-order valence-corrected chi connectivity index (χ4v) is 2.99. The van der Waals surface area contributed by atoms with Crippen LogP contribution in [0.25, 0.3) is 0 Å². The van der Waals surface area contributed by atoms with E-state index in [0.717, 1.165) is 12.8 Å². The summed E-state index contributed by atoms with van der Waals surface area (Å²) in [4.78, 5) is 12.2. The van der Waals surface area contributed by atoms with Crippen LogP contribution in [0, 0.1) is 5.41 Å². The van der Waals surface area contributed by atoms with Gasteiger partial charge in [-0.3, -0.25) is 4.79 Å². The molecule has 0 spiro atoms. The Balaban J connectivity index is 1.87. The second-order valence-corrected chi connectivity index (χ2v) is 5.58. The summed E-state index contributed by atoms with van der Waals surface area (Å²) in [6.07, 6.45) is 10.9. The Bertz CT molecular complexity index is 225. The zero-order valence-electron chi connectivity index (χ0n) is 9.85. The highest BCUT2D eigenvalue weighted by atomic mass is 16.2. The van der Waals surface area contributed by atoms with Gasteiger partial charge >= 0.3 is 0 Å². The lowest BCUT2D eigenvalue weighted by atomic mass is 9.75. The van der Waals surface area contributed by atoms with E-state index in [1.54, 1.807) is 0 Å². The molecular weight excluding hydrogens is 186 g/mol. The lowest BCUT2D eigenvalue weighted by Crippen LogP contribution is -2.44. The molecule has 0 atom stereocenters. The van der Waals surface area contributed by atoms with Crippen molar-refractivity contribution >= 4 is 5.91 Å². The molecule has 1 N–H and O–H groups in total. The molecule has 1 amide bonds. The fourth-order valence-electron chi connectivity index (χ4n) is 2.99. The molecular formula is C13H23NO. The van der Waals surface area contributed by atoms with Crippen molar-refractivity contribution in [2.75, 3.05) is 0 Å². The second kappa shape index (κ2) is 4.54. The minimum absolute atomic E-state index is 0.0547. The molecule has 86 valence electrons. The molecule has 0 unspecified atom stereocenters. The summed E-state index contributed by atoms with van der Waals surface area (Å²) in [6.45, 7) is 2.15. The highest BCUT2D eigenvalue weighted by Crippen LogP contribution is 2.36. The molecule has 0 saturated heterocycles. The fraction of sp³-hybridized carbons (Fsp3) is 0.923. The number of nitrogens with one attached hydrogen (secondary N) is 1. The van der Waals surface area contributed by atoms with Crippen molar-refractivity contribution in [2.45, 2.75) is 70.8 Å². The number of hydrogen-bond acceptors (Lipinski definition) is 1. The van der Waals surface area contributed by atoms with Crippen molar-refractivity contribution in [3.63, 3.8) is 0 Å². The Morgan fingerprint density at radius 3 is 2.27 bits per heavy atom. The van der Waals surface area contributed by atoms with Crippen LogP contribution in [0.15, 0.2) is 0 Å². The van der Waals surface area contributed by atoms with Gasteiger partial charge in [-0.15, -0.1) is 0 Å². The summed E-state index contributed by atoms with van der Waals surface area (Å²) in [5, 5.41) is 3.25. The molecule has 15 heavy (non-hydrogen) atoms. The highest BCUT2D eigenvalue weighted by Gasteiger charge is 2.35. The van der Waals surface area contributed by atoms with Gasteiger partial charge in [0.2, 0.25) is 5.91 Å². The van der Waals surface area contributed by atoms with E-state index in [9.17, 15) is 4.79 Å². The van der Waals surface area contributed by atoms with Crippen LogP contribution in [0.5, 0.6) is 0 Å². The van der Waals surface area contributed by atoms with Crippen LogP contribution in [0.1, 0.15) is 64.7 Å². The van der Waals surface area contributed by atoms with Gasteiger partial charge < -0.3 is 5.32 Å². The molecule has 2 rings (SSSR count). The maximum Gasteiger partial charge on any atom is 0.226 e. The Morgan fingerprint density at radius 1 is 1.07 bits per heavy atom. The first-order valence-electron chi connectivity index (χ1n) is 6.52. The summed E-state index contributed by atoms with van der Waals surface area (Å²) in [6, 6.07) is 0.483. The van der Waals surface area contributed by atoms with Crippen LogP contribution in [0.2, 0.25) is 0 Å². The Labute approximate surface area is 92.8 Å². The molecule has 2 aliphatic carbocycles. The summed E-state index contributed by atoms with van der Waals surface area (Å²) in [5.74, 6) is 0.328. The number of amides is 1. The van der Waals surface area contributed by atoms with Crippen LogP contribution in [-0.2, 0) is 4.79 Å². The molecule has 0 heterocycles. The highest BCUT2D eigenvalue weighted by molar-refractivity contribution is 5.82. The molecule has 2 heteroatoms. The zero-order valence-corrected chi connectivity index (χ0v) is 9.85. The normalized spacial score (nSPS) is 26.5. The van der Waals surface area contributed by atoms with Crippen LogP contribution >= 0.6 is 0 Å². The Kier molecular flexibility index (Phi) is 3.32. The maximum atomic E-state index is 12.2. The third-order valence-corrected chi connectivity index (χ3v) is 4.20. The minimum Gasteiger partial charge on any atom is -0.353 e. The largest absolute Gasteiger partial charge is 0.353 e. The molecule has 2 fully saturated rings. The average Bonchev–Trinajstić information content (AvgIpc) is 2.71. The van der Waals surface area contributed by atoms with Crippen molar-refractivity contribution in [3.8, 4) is 0 Å². The van der Waals surface area contributed by atoms with E-state index < -0.39 is 0 Å². The monoisotopic (exact) mass is 209 g/mol. The first-order valence-corrected chi connectivity index (χ1v) is 6.52. The van der Waals surface area contributed by atoms with Gasteiger partial charge in [0.25, 0.3) is 0 Å². The summed E-state index contributed by atoms with van der Waals surface area (Å²) in [7, 11) is 0. The van der Waals surface area contributed by atoms with Gasteiger partial charge in [-0.2, -0.15) is 0 Å². The van der Waals surface area contributed by atoms with E-state index in [4.69, 9.17) is 0 Å². The average molecular weight is 209 g/mol. The number of rotatable bonds is 2. The van der Waals surface area contributed by atoms with Crippen LogP contribution in [-0.4, -0.2) is 11.9 Å². The predicted octanol–water partition coefficient (Wildman–Crippen LogP) is 3.02. The van der Waals surface area contributed by atoms with Crippen LogP contribution in [0.3, 0.4) is 0 Å². The zero-order chi connectivity index (χ0) is 10.7. The lowest BCUT2D eigenvalue weighted by Gasteiger charge is -2.33. The van der Waals surface area contributed by atoms with Gasteiger partial charge in [-0.25, -0.2) is 0 Å². The SMILES string of the molecule is CC1(C(=O)NC2CCCC2)CCCCC1. The third kappa shape index (κ3) is 2.53. The summed E-state index contributed by atoms with van der Waals surface area (Å²) in [5.41, 5.74) is -0.0547. The molecule has 0 aromatic heterocycles. The summed E-state index contributed by atoms with van der Waals surface area (Å²) < 4.78 is 0. The lowest BCUT2D eigenvalue weighted by molar-refractivity contribution is -0.132. The Morgan fingerprint density at radius 2 is 1.67 bits per heavy atom. The topological polar surface area (TPSA) is 29.1 Å². The smallest absolute Gasteiger partial charge is 0.226 e. The van der Waals surface area contributed by atoms with E-state index in [0.29, 0.717) is 11.9 Å². The van der Waals surface area contributed by atoms with E-state index in [1.807, 2.05) is 0 Å². The van der Waals surface area contributed by atoms with Crippen molar-refractivity contribution in [2.24, 2.45) is 5.41 Å². The second-order valence-electron chi connectivity index (χ2n) is 5.58. The Hall–Kier alpha value is -0.530. The predicted molar refractivity (Wildman–Crippen MR) is 61.6 cm³/mol. The van der Waals surface area contributed by atoms with Gasteiger partial charge in [-0.1, -0.05) is 39.0 Å². The van der Waals surface area contributed by atoms with Gasteiger partial charge in [0.05, 0.1) is 0 Å². The number of carbonyl (C=O) groups excluding carboxylic acids is 1. The first-order chi connectivity index (χ1) is 7.21. The molecule has 0 radical (unpaired) electrons. The molecule has 0 aliphatic heterocycles. The van der Waals surface area contributed by atoms with Crippen molar-refractivity contribution in [1.29, 1.82) is 0 Å². The molecule has 2 nitrogen and oxygen atoms in total. The molecule has 0 aromatic rings. The van der Waals surface area contributed by atoms with Crippen molar-refractivity contribution in [3.05, 3.63) is 0 Å². The van der Waals surface area contributed by atoms with E-state index in [-0.39, 0.29) is 5.41 Å². The number of hydrogen-bond donors (Lipinski definition) is 1. The maximum absolute atomic E-state index is 12.2. The molecule has 2 aliphatic rings. The van der Waals surface area contributed by atoms with E-state index in [2.05, 4.69) is 12.2 Å². The van der Waals surface area contributed by atoms with Gasteiger partial charge in [0.15, 0.2) is 0 Å². The first kappa shape index (κ1) is 11.0. The van der Waals surface area contributed by atoms with Gasteiger partial charge in [-0.05, 0) is 25.7 Å². The summed E-state index contributed by atoms with van der Waals surface area (Å²) >= 11 is 0. The van der Waals surface area contributed by atoms with Crippen LogP contribution < -0.4 is 5.32 Å². The van der Waals surface area contributed by atoms with Crippen molar-refractivity contribution in [1.82, 2.24) is 5.32 Å². The van der Waals surface area contributed by atoms with Crippen LogP contribution in [0.4, 0.5) is 0 Å². The minimum atomic E-state index is -0.0547. The molecule has 2 saturated carbocycles.